The Labute approximate surface area is 130 Å². The highest BCUT2D eigenvalue weighted by Crippen LogP contribution is 2.41. The quantitative estimate of drug-likeness (QED) is 0.872. The Hall–Kier alpha value is -2.24. The number of carbonyl (C=O) groups excluding carboxylic acids is 2. The van der Waals surface area contributed by atoms with Crippen LogP contribution in [0.5, 0.6) is 11.5 Å². The molecule has 6 heteroatoms. The highest BCUT2D eigenvalue weighted by atomic mass is 16.5. The summed E-state index contributed by atoms with van der Waals surface area (Å²) in [7, 11) is 0. The molecule has 6 nitrogen and oxygen atoms in total. The number of carbonyl (C=O) groups is 2. The van der Waals surface area contributed by atoms with Crippen LogP contribution in [0.2, 0.25) is 0 Å². The molecule has 0 unspecified atom stereocenters. The van der Waals surface area contributed by atoms with E-state index in [9.17, 15) is 9.59 Å². The molecule has 2 rings (SSSR count). The fourth-order valence-electron chi connectivity index (χ4n) is 2.29. The molecular weight excluding hydrogens is 284 g/mol. The summed E-state index contributed by atoms with van der Waals surface area (Å²) in [6.45, 7) is 6.22. The third-order valence-electron chi connectivity index (χ3n) is 3.20. The average Bonchev–Trinajstić information content (AvgIpc) is 2.77. The van der Waals surface area contributed by atoms with Gasteiger partial charge in [-0.1, -0.05) is 19.1 Å². The number of para-hydroxylation sites is 1. The van der Waals surface area contributed by atoms with E-state index >= 15 is 0 Å². The maximum Gasteiger partial charge on any atom is 0.321 e. The molecule has 0 saturated carbocycles. The normalized spacial score (nSPS) is 14.7. The van der Waals surface area contributed by atoms with Crippen LogP contribution in [0, 0.1) is 0 Å². The van der Waals surface area contributed by atoms with E-state index in [0.29, 0.717) is 18.0 Å². The first-order chi connectivity index (χ1) is 10.4. The lowest BCUT2D eigenvalue weighted by Crippen LogP contribution is -2.41. The molecule has 0 atom stereocenters. The number of rotatable bonds is 5. The van der Waals surface area contributed by atoms with Gasteiger partial charge >= 0.3 is 6.03 Å². The predicted octanol–water partition coefficient (Wildman–Crippen LogP) is 2.01. The third-order valence-corrected chi connectivity index (χ3v) is 3.20. The first-order valence-corrected chi connectivity index (χ1v) is 7.42. The second-order valence-electron chi connectivity index (χ2n) is 5.88. The van der Waals surface area contributed by atoms with Gasteiger partial charge in [-0.05, 0) is 26.3 Å². The molecule has 2 N–H and O–H groups in total. The predicted molar refractivity (Wildman–Crippen MR) is 82.2 cm³/mol. The smallest absolute Gasteiger partial charge is 0.321 e. The van der Waals surface area contributed by atoms with Crippen LogP contribution in [-0.2, 0) is 11.2 Å². The zero-order chi connectivity index (χ0) is 16.2. The van der Waals surface area contributed by atoms with Crippen molar-refractivity contribution in [1.82, 2.24) is 10.6 Å². The number of imide groups is 1. The molecule has 120 valence electrons. The zero-order valence-corrected chi connectivity index (χ0v) is 13.2. The molecule has 3 amide bonds. The molecule has 0 aliphatic carbocycles. The topological polar surface area (TPSA) is 76.7 Å². The van der Waals surface area contributed by atoms with Gasteiger partial charge in [0.05, 0.1) is 0 Å². The Kier molecular flexibility index (Phi) is 4.90. The van der Waals surface area contributed by atoms with Crippen molar-refractivity contribution in [1.29, 1.82) is 0 Å². The maximum absolute atomic E-state index is 11.7. The van der Waals surface area contributed by atoms with Crippen molar-refractivity contribution >= 4 is 11.9 Å². The van der Waals surface area contributed by atoms with Crippen LogP contribution in [0.1, 0.15) is 32.8 Å². The lowest BCUT2D eigenvalue weighted by molar-refractivity contribution is -0.122. The van der Waals surface area contributed by atoms with Crippen molar-refractivity contribution in [3.05, 3.63) is 23.8 Å². The van der Waals surface area contributed by atoms with E-state index in [2.05, 4.69) is 10.6 Å². The van der Waals surface area contributed by atoms with Gasteiger partial charge in [0.2, 0.25) is 0 Å². The van der Waals surface area contributed by atoms with Gasteiger partial charge in [0.25, 0.3) is 5.91 Å². The van der Waals surface area contributed by atoms with Crippen LogP contribution in [0.25, 0.3) is 0 Å². The van der Waals surface area contributed by atoms with E-state index in [0.717, 1.165) is 18.4 Å². The summed E-state index contributed by atoms with van der Waals surface area (Å²) in [5, 5.41) is 4.78. The number of ether oxygens (including phenoxy) is 2. The number of hydrogen-bond acceptors (Lipinski definition) is 4. The van der Waals surface area contributed by atoms with E-state index in [1.165, 1.54) is 0 Å². The van der Waals surface area contributed by atoms with Gasteiger partial charge < -0.3 is 14.8 Å². The zero-order valence-electron chi connectivity index (χ0n) is 13.2. The number of amides is 3. The minimum absolute atomic E-state index is 0.236. The van der Waals surface area contributed by atoms with E-state index < -0.39 is 11.9 Å². The minimum atomic E-state index is -0.508. The first kappa shape index (κ1) is 16.1. The average molecular weight is 306 g/mol. The van der Waals surface area contributed by atoms with Crippen LogP contribution < -0.4 is 20.1 Å². The minimum Gasteiger partial charge on any atom is -0.483 e. The summed E-state index contributed by atoms with van der Waals surface area (Å²) in [6, 6.07) is 5.09. The fourth-order valence-corrected chi connectivity index (χ4v) is 2.29. The van der Waals surface area contributed by atoms with Gasteiger partial charge in [0.15, 0.2) is 18.1 Å². The van der Waals surface area contributed by atoms with E-state index in [-0.39, 0.29) is 12.2 Å². The molecule has 0 spiro atoms. The van der Waals surface area contributed by atoms with Crippen molar-refractivity contribution in [2.45, 2.75) is 39.2 Å². The Balaban J connectivity index is 1.90. The molecule has 1 aliphatic heterocycles. The largest absolute Gasteiger partial charge is 0.483 e. The Morgan fingerprint density at radius 2 is 2.14 bits per heavy atom. The van der Waals surface area contributed by atoms with Crippen molar-refractivity contribution < 1.29 is 19.1 Å². The monoisotopic (exact) mass is 306 g/mol. The molecule has 0 bridgehead atoms. The lowest BCUT2D eigenvalue weighted by atomic mass is 10.0. The molecule has 1 aromatic rings. The summed E-state index contributed by atoms with van der Waals surface area (Å²) in [4.78, 5) is 23.1. The van der Waals surface area contributed by atoms with Crippen molar-refractivity contribution in [3.8, 4) is 11.5 Å². The van der Waals surface area contributed by atoms with E-state index in [4.69, 9.17) is 9.47 Å². The molecule has 0 radical (unpaired) electrons. The maximum atomic E-state index is 11.7. The first-order valence-electron chi connectivity index (χ1n) is 7.42. The van der Waals surface area contributed by atoms with Crippen LogP contribution in [-0.4, -0.2) is 30.7 Å². The lowest BCUT2D eigenvalue weighted by Gasteiger charge is -2.18. The molecule has 0 aromatic heterocycles. The Morgan fingerprint density at radius 3 is 2.86 bits per heavy atom. The molecule has 0 fully saturated rings. The second-order valence-corrected chi connectivity index (χ2v) is 5.88. The number of fused-ring (bicyclic) bond motifs is 1. The Morgan fingerprint density at radius 1 is 1.36 bits per heavy atom. The van der Waals surface area contributed by atoms with Gasteiger partial charge in [-0.25, -0.2) is 4.79 Å². The summed E-state index contributed by atoms with van der Waals surface area (Å²) in [6.07, 6.45) is 1.60. The van der Waals surface area contributed by atoms with Crippen LogP contribution in [0.15, 0.2) is 18.2 Å². The third kappa shape index (κ3) is 4.13. The fraction of sp³-hybridized carbons (Fsp3) is 0.500. The second kappa shape index (κ2) is 6.68. The summed E-state index contributed by atoms with van der Waals surface area (Å²) in [5.74, 6) is 0.700. The summed E-state index contributed by atoms with van der Waals surface area (Å²) >= 11 is 0. The molecule has 0 saturated heterocycles. The number of benzene rings is 1. The molecule has 1 aromatic carbocycles. The Bertz CT molecular complexity index is 569. The summed E-state index contributed by atoms with van der Waals surface area (Å²) in [5.41, 5.74) is 0.785. The molecule has 1 aliphatic rings. The molecule has 22 heavy (non-hydrogen) atoms. The van der Waals surface area contributed by atoms with Crippen molar-refractivity contribution in [2.75, 3.05) is 13.2 Å². The van der Waals surface area contributed by atoms with Crippen LogP contribution >= 0.6 is 0 Å². The number of urea groups is 1. The summed E-state index contributed by atoms with van der Waals surface area (Å²) < 4.78 is 11.3. The van der Waals surface area contributed by atoms with Gasteiger partial charge in [-0.3, -0.25) is 10.1 Å². The van der Waals surface area contributed by atoms with Crippen LogP contribution in [0.4, 0.5) is 4.79 Å². The highest BCUT2D eigenvalue weighted by molar-refractivity contribution is 5.95. The molecular formula is C16H22N2O4. The molecule has 1 heterocycles. The number of nitrogens with one attached hydrogen (secondary N) is 2. The number of hydrogen-bond donors (Lipinski definition) is 2. The van der Waals surface area contributed by atoms with E-state index in [1.807, 2.05) is 32.9 Å². The van der Waals surface area contributed by atoms with E-state index in [1.54, 1.807) is 6.07 Å². The van der Waals surface area contributed by atoms with Crippen LogP contribution in [0.3, 0.4) is 0 Å². The highest BCUT2D eigenvalue weighted by Gasteiger charge is 2.32. The van der Waals surface area contributed by atoms with Gasteiger partial charge in [-0.15, -0.1) is 0 Å². The van der Waals surface area contributed by atoms with Gasteiger partial charge in [-0.2, -0.15) is 0 Å². The van der Waals surface area contributed by atoms with Gasteiger partial charge in [0.1, 0.15) is 5.60 Å². The van der Waals surface area contributed by atoms with Crippen molar-refractivity contribution in [3.63, 3.8) is 0 Å². The SMILES string of the molecule is CCCNC(=O)NC(=O)COc1cccc2c1OC(C)(C)C2. The van der Waals surface area contributed by atoms with Crippen molar-refractivity contribution in [2.24, 2.45) is 0 Å². The standard InChI is InChI=1S/C16H22N2O4/c1-4-8-17-15(20)18-13(19)10-21-12-7-5-6-11-9-16(2,3)22-14(11)12/h5-7H,4,8-10H2,1-3H3,(H2,17,18,19,20). The van der Waals surface area contributed by atoms with Gasteiger partial charge in [0, 0.05) is 18.5 Å².